The molecule has 6 heteroatoms. The van der Waals surface area contributed by atoms with E-state index in [9.17, 15) is 5.11 Å². The Hall–Kier alpha value is -0.880. The number of rotatable bonds is 2. The Labute approximate surface area is 103 Å². The summed E-state index contributed by atoms with van der Waals surface area (Å²) in [5.74, 6) is 0.269. The third-order valence-corrected chi connectivity index (χ3v) is 3.15. The fourth-order valence-corrected chi connectivity index (χ4v) is 2.20. The van der Waals surface area contributed by atoms with E-state index in [0.29, 0.717) is 16.0 Å². The number of hydrogen-bond donors (Lipinski definition) is 1. The minimum atomic E-state index is 0.269. The molecule has 0 unspecified atom stereocenters. The number of para-hydroxylation sites is 1. The van der Waals surface area contributed by atoms with Gasteiger partial charge in [-0.25, -0.2) is 0 Å². The summed E-state index contributed by atoms with van der Waals surface area (Å²) in [5.41, 5.74) is 0.818. The molecule has 0 atom stereocenters. The molecule has 0 aliphatic heterocycles. The molecule has 0 radical (unpaired) electrons. The average Bonchev–Trinajstić information content (AvgIpc) is 2.53. The van der Waals surface area contributed by atoms with E-state index >= 15 is 0 Å². The first-order valence-corrected chi connectivity index (χ1v) is 5.78. The van der Waals surface area contributed by atoms with E-state index in [1.54, 1.807) is 16.7 Å². The van der Waals surface area contributed by atoms with Gasteiger partial charge < -0.3 is 5.11 Å². The number of phenols is 1. The number of phenolic OH excluding ortho intramolecular Hbond substituents is 1. The zero-order valence-electron chi connectivity index (χ0n) is 7.56. The minimum Gasteiger partial charge on any atom is -0.508 e. The van der Waals surface area contributed by atoms with E-state index in [-0.39, 0.29) is 5.75 Å². The van der Waals surface area contributed by atoms with E-state index in [0.717, 1.165) is 5.56 Å². The third-order valence-electron chi connectivity index (χ3n) is 1.98. The molecule has 1 N–H and O–H groups in total. The summed E-state index contributed by atoms with van der Waals surface area (Å²) >= 11 is 6.55. The molecule has 1 aromatic heterocycles. The van der Waals surface area contributed by atoms with Crippen LogP contribution in [0.2, 0.25) is 0 Å². The van der Waals surface area contributed by atoms with Crippen LogP contribution in [0.25, 0.3) is 0 Å². The first kappa shape index (κ1) is 10.6. The van der Waals surface area contributed by atoms with Gasteiger partial charge in [-0.05, 0) is 37.9 Å². The first-order valence-electron chi connectivity index (χ1n) is 4.19. The SMILES string of the molecule is Oc1ccccc1Cn1c(Br)nnc1Br. The minimum absolute atomic E-state index is 0.269. The summed E-state index contributed by atoms with van der Waals surface area (Å²) in [5, 5.41) is 17.3. The molecule has 0 aliphatic carbocycles. The Morgan fingerprint density at radius 1 is 1.13 bits per heavy atom. The zero-order valence-corrected chi connectivity index (χ0v) is 10.7. The normalized spacial score (nSPS) is 10.5. The molecule has 2 aromatic rings. The molecule has 0 fully saturated rings. The molecule has 78 valence electrons. The van der Waals surface area contributed by atoms with Gasteiger partial charge in [-0.2, -0.15) is 0 Å². The van der Waals surface area contributed by atoms with Gasteiger partial charge in [0.15, 0.2) is 0 Å². The van der Waals surface area contributed by atoms with E-state index in [1.807, 2.05) is 12.1 Å². The summed E-state index contributed by atoms with van der Waals surface area (Å²) in [6.45, 7) is 0.515. The van der Waals surface area contributed by atoms with Gasteiger partial charge in [0.2, 0.25) is 9.47 Å². The van der Waals surface area contributed by atoms with Crippen molar-refractivity contribution in [2.24, 2.45) is 0 Å². The van der Waals surface area contributed by atoms with Crippen LogP contribution in [0.1, 0.15) is 5.56 Å². The molecule has 0 aliphatic rings. The van der Waals surface area contributed by atoms with Crippen LogP contribution in [0.5, 0.6) is 5.75 Å². The van der Waals surface area contributed by atoms with E-state index < -0.39 is 0 Å². The predicted octanol–water partition coefficient (Wildman–Crippen LogP) is 2.56. The molecule has 2 rings (SSSR count). The second-order valence-corrected chi connectivity index (χ2v) is 4.37. The molecular weight excluding hydrogens is 326 g/mol. The Kier molecular flexibility index (Phi) is 3.06. The van der Waals surface area contributed by atoms with Crippen molar-refractivity contribution in [2.45, 2.75) is 6.54 Å². The highest BCUT2D eigenvalue weighted by atomic mass is 79.9. The molecular formula is C9H7Br2N3O. The quantitative estimate of drug-likeness (QED) is 0.919. The standard InChI is InChI=1S/C9H7Br2N3O/c10-8-12-13-9(11)14(8)5-6-3-1-2-4-7(6)15/h1-4,15H,5H2. The van der Waals surface area contributed by atoms with Crippen LogP contribution in [0.3, 0.4) is 0 Å². The highest BCUT2D eigenvalue weighted by Gasteiger charge is 2.09. The Morgan fingerprint density at radius 3 is 2.33 bits per heavy atom. The van der Waals surface area contributed by atoms with Crippen LogP contribution in [-0.2, 0) is 6.54 Å². The third kappa shape index (κ3) is 2.21. The van der Waals surface area contributed by atoms with Crippen LogP contribution in [0.4, 0.5) is 0 Å². The molecule has 4 nitrogen and oxygen atoms in total. The zero-order chi connectivity index (χ0) is 10.8. The summed E-state index contributed by atoms with van der Waals surface area (Å²) in [6.07, 6.45) is 0. The van der Waals surface area contributed by atoms with Crippen molar-refractivity contribution in [1.29, 1.82) is 0 Å². The summed E-state index contributed by atoms with van der Waals surface area (Å²) in [4.78, 5) is 0. The molecule has 1 heterocycles. The van der Waals surface area contributed by atoms with E-state index in [4.69, 9.17) is 0 Å². The molecule has 15 heavy (non-hydrogen) atoms. The summed E-state index contributed by atoms with van der Waals surface area (Å²) < 4.78 is 3.05. The van der Waals surface area contributed by atoms with Crippen LogP contribution in [0, 0.1) is 0 Å². The van der Waals surface area contributed by atoms with Crippen molar-refractivity contribution in [3.05, 3.63) is 39.3 Å². The van der Waals surface area contributed by atoms with Crippen molar-refractivity contribution in [3.8, 4) is 5.75 Å². The predicted molar refractivity (Wildman–Crippen MR) is 62.6 cm³/mol. The lowest BCUT2D eigenvalue weighted by molar-refractivity contribution is 0.465. The Balaban J connectivity index is 2.34. The summed E-state index contributed by atoms with van der Waals surface area (Å²) in [6, 6.07) is 7.17. The highest BCUT2D eigenvalue weighted by Crippen LogP contribution is 2.21. The van der Waals surface area contributed by atoms with Crippen LogP contribution in [0.15, 0.2) is 33.7 Å². The molecule has 0 spiro atoms. The van der Waals surface area contributed by atoms with Gasteiger partial charge >= 0.3 is 0 Å². The number of halogens is 2. The topological polar surface area (TPSA) is 50.9 Å². The van der Waals surface area contributed by atoms with Gasteiger partial charge in [-0.3, -0.25) is 4.57 Å². The largest absolute Gasteiger partial charge is 0.508 e. The lowest BCUT2D eigenvalue weighted by Crippen LogP contribution is -2.00. The lowest BCUT2D eigenvalue weighted by Gasteiger charge is -2.06. The Morgan fingerprint density at radius 2 is 1.73 bits per heavy atom. The molecule has 1 aromatic carbocycles. The first-order chi connectivity index (χ1) is 7.18. The lowest BCUT2D eigenvalue weighted by atomic mass is 10.2. The monoisotopic (exact) mass is 331 g/mol. The maximum absolute atomic E-state index is 9.61. The van der Waals surface area contributed by atoms with Crippen LogP contribution < -0.4 is 0 Å². The highest BCUT2D eigenvalue weighted by molar-refractivity contribution is 9.11. The maximum Gasteiger partial charge on any atom is 0.201 e. The van der Waals surface area contributed by atoms with Gasteiger partial charge in [0, 0.05) is 5.56 Å². The van der Waals surface area contributed by atoms with E-state index in [2.05, 4.69) is 42.1 Å². The number of aromatic nitrogens is 3. The van der Waals surface area contributed by atoms with Crippen molar-refractivity contribution < 1.29 is 5.11 Å². The summed E-state index contributed by atoms with van der Waals surface area (Å²) in [7, 11) is 0. The van der Waals surface area contributed by atoms with Gasteiger partial charge in [0.1, 0.15) is 5.75 Å². The van der Waals surface area contributed by atoms with Crippen LogP contribution in [-0.4, -0.2) is 19.9 Å². The fourth-order valence-electron chi connectivity index (χ4n) is 1.21. The van der Waals surface area contributed by atoms with Gasteiger partial charge in [0.05, 0.1) is 6.54 Å². The smallest absolute Gasteiger partial charge is 0.201 e. The second kappa shape index (κ2) is 4.32. The molecule has 0 saturated carbocycles. The maximum atomic E-state index is 9.61. The molecule has 0 bridgehead atoms. The van der Waals surface area contributed by atoms with Gasteiger partial charge in [-0.1, -0.05) is 18.2 Å². The van der Waals surface area contributed by atoms with Crippen molar-refractivity contribution in [1.82, 2.24) is 14.8 Å². The van der Waals surface area contributed by atoms with E-state index in [1.165, 1.54) is 0 Å². The fraction of sp³-hybridized carbons (Fsp3) is 0.111. The second-order valence-electron chi connectivity index (χ2n) is 2.95. The number of aromatic hydroxyl groups is 1. The number of hydrogen-bond acceptors (Lipinski definition) is 3. The van der Waals surface area contributed by atoms with Crippen molar-refractivity contribution in [3.63, 3.8) is 0 Å². The number of benzene rings is 1. The molecule has 0 saturated heterocycles. The average molecular weight is 333 g/mol. The van der Waals surface area contributed by atoms with Crippen molar-refractivity contribution >= 4 is 31.9 Å². The molecule has 0 amide bonds. The number of nitrogens with zero attached hydrogens (tertiary/aromatic N) is 3. The Bertz CT molecular complexity index is 464. The van der Waals surface area contributed by atoms with Gasteiger partial charge in [-0.15, -0.1) is 10.2 Å². The van der Waals surface area contributed by atoms with Crippen molar-refractivity contribution in [2.75, 3.05) is 0 Å². The van der Waals surface area contributed by atoms with Crippen LogP contribution >= 0.6 is 31.9 Å². The van der Waals surface area contributed by atoms with Gasteiger partial charge in [0.25, 0.3) is 0 Å².